The Kier molecular flexibility index (Phi) is 3.52. The van der Waals surface area contributed by atoms with Gasteiger partial charge in [0.15, 0.2) is 5.17 Å². The molecule has 4 nitrogen and oxygen atoms in total. The Morgan fingerprint density at radius 1 is 1.45 bits per heavy atom. The normalized spacial score (nSPS) is 32.8. The van der Waals surface area contributed by atoms with Gasteiger partial charge >= 0.3 is 0 Å². The molecule has 1 heterocycles. The smallest absolute Gasteiger partial charge is 0.155 e. The molecular formula is C15H16F2N4S. The molecule has 3 rings (SSSR count). The van der Waals surface area contributed by atoms with E-state index in [4.69, 9.17) is 16.7 Å². The van der Waals surface area contributed by atoms with E-state index < -0.39 is 18.0 Å². The van der Waals surface area contributed by atoms with E-state index in [0.29, 0.717) is 24.9 Å². The number of nitrogen functional groups attached to an aromatic ring is 1. The van der Waals surface area contributed by atoms with E-state index >= 15 is 0 Å². The fourth-order valence-electron chi connectivity index (χ4n) is 3.42. The summed E-state index contributed by atoms with van der Waals surface area (Å²) in [5, 5.41) is 9.05. The summed E-state index contributed by atoms with van der Waals surface area (Å²) in [7, 11) is 0. The largest absolute Gasteiger partial charge is 0.399 e. The minimum atomic E-state index is -1.33. The molecule has 1 aliphatic heterocycles. The van der Waals surface area contributed by atoms with Gasteiger partial charge < -0.3 is 11.5 Å². The molecule has 4 N–H and O–H groups in total. The molecule has 7 heteroatoms. The van der Waals surface area contributed by atoms with Crippen LogP contribution in [-0.4, -0.2) is 16.6 Å². The molecule has 1 aromatic carbocycles. The highest BCUT2D eigenvalue weighted by molar-refractivity contribution is 8.15. The van der Waals surface area contributed by atoms with Crippen LogP contribution in [0.2, 0.25) is 0 Å². The quantitative estimate of drug-likeness (QED) is 0.834. The van der Waals surface area contributed by atoms with E-state index in [-0.39, 0.29) is 21.4 Å². The standard InChI is InChI=1S/C15H16F2N4S/c16-8-15(10-6-9(19)2-3-11(10)17)12-7-14(12,4-1-5-18)22-13(20)21-15/h2-3,6,12H,1,4,7-8,19H2,(H2,20,21)/t12-,14-,15-/m1/s1. The van der Waals surface area contributed by atoms with Gasteiger partial charge in [-0.2, -0.15) is 5.26 Å². The molecule has 3 atom stereocenters. The molecule has 0 amide bonds. The third-order valence-corrected chi connectivity index (χ3v) is 5.90. The van der Waals surface area contributed by atoms with Crippen LogP contribution < -0.4 is 11.5 Å². The summed E-state index contributed by atoms with van der Waals surface area (Å²) in [6.07, 6.45) is 1.63. The highest BCUT2D eigenvalue weighted by atomic mass is 32.2. The van der Waals surface area contributed by atoms with Crippen molar-refractivity contribution < 1.29 is 8.78 Å². The molecule has 116 valence electrons. The average Bonchev–Trinajstić information content (AvgIpc) is 3.21. The molecule has 2 aliphatic rings. The fraction of sp³-hybridized carbons (Fsp3) is 0.467. The van der Waals surface area contributed by atoms with Crippen LogP contribution in [0.15, 0.2) is 23.2 Å². The topological polar surface area (TPSA) is 88.2 Å². The lowest BCUT2D eigenvalue weighted by Crippen LogP contribution is -2.40. The molecule has 1 fully saturated rings. The van der Waals surface area contributed by atoms with E-state index in [0.717, 1.165) is 0 Å². The Morgan fingerprint density at radius 3 is 2.91 bits per heavy atom. The Bertz CT molecular complexity index is 687. The van der Waals surface area contributed by atoms with Crippen LogP contribution in [0.25, 0.3) is 0 Å². The molecule has 0 aromatic heterocycles. The van der Waals surface area contributed by atoms with Gasteiger partial charge in [0.25, 0.3) is 0 Å². The summed E-state index contributed by atoms with van der Waals surface area (Å²) >= 11 is 1.38. The monoisotopic (exact) mass is 322 g/mol. The van der Waals surface area contributed by atoms with Crippen LogP contribution in [-0.2, 0) is 5.54 Å². The van der Waals surface area contributed by atoms with Crippen molar-refractivity contribution >= 4 is 22.6 Å². The highest BCUT2D eigenvalue weighted by Crippen LogP contribution is 2.67. The molecule has 1 aliphatic carbocycles. The molecule has 0 unspecified atom stereocenters. The number of nitriles is 1. The molecule has 0 bridgehead atoms. The fourth-order valence-corrected chi connectivity index (χ4v) is 4.84. The summed E-state index contributed by atoms with van der Waals surface area (Å²) in [6.45, 7) is -0.840. The summed E-state index contributed by atoms with van der Waals surface area (Å²) in [6, 6.07) is 6.21. The minimum absolute atomic E-state index is 0.155. The third kappa shape index (κ3) is 2.13. The molecular weight excluding hydrogens is 306 g/mol. The van der Waals surface area contributed by atoms with E-state index in [1.165, 1.54) is 30.0 Å². The minimum Gasteiger partial charge on any atom is -0.399 e. The first-order valence-electron chi connectivity index (χ1n) is 7.00. The lowest BCUT2D eigenvalue weighted by molar-refractivity contribution is 0.262. The van der Waals surface area contributed by atoms with Crippen LogP contribution in [0.4, 0.5) is 14.5 Å². The zero-order valence-electron chi connectivity index (χ0n) is 11.9. The number of hydrogen-bond donors (Lipinski definition) is 2. The van der Waals surface area contributed by atoms with Crippen LogP contribution in [0.5, 0.6) is 0 Å². The Balaban J connectivity index is 2.08. The van der Waals surface area contributed by atoms with Gasteiger partial charge in [0, 0.05) is 28.3 Å². The lowest BCUT2D eigenvalue weighted by Gasteiger charge is -2.35. The number of hydrogen-bond acceptors (Lipinski definition) is 5. The number of nitrogens with two attached hydrogens (primary N) is 2. The summed E-state index contributed by atoms with van der Waals surface area (Å²) in [5.74, 6) is -0.705. The van der Waals surface area contributed by atoms with Gasteiger partial charge in [-0.1, -0.05) is 11.8 Å². The van der Waals surface area contributed by atoms with Gasteiger partial charge in [-0.15, -0.1) is 0 Å². The summed E-state index contributed by atoms with van der Waals surface area (Å²) in [4.78, 5) is 4.28. The van der Waals surface area contributed by atoms with Gasteiger partial charge in [0.05, 0.1) is 6.07 Å². The van der Waals surface area contributed by atoms with Crippen molar-refractivity contribution in [2.24, 2.45) is 16.6 Å². The first-order chi connectivity index (χ1) is 10.5. The maximum Gasteiger partial charge on any atom is 0.155 e. The van der Waals surface area contributed by atoms with E-state index in [1.54, 1.807) is 0 Å². The predicted molar refractivity (Wildman–Crippen MR) is 83.4 cm³/mol. The van der Waals surface area contributed by atoms with Crippen LogP contribution in [0.1, 0.15) is 24.8 Å². The zero-order chi connectivity index (χ0) is 16.0. The molecule has 1 saturated carbocycles. The Morgan fingerprint density at radius 2 is 2.23 bits per heavy atom. The van der Waals surface area contributed by atoms with Crippen molar-refractivity contribution in [1.29, 1.82) is 5.26 Å². The molecule has 0 spiro atoms. The number of benzene rings is 1. The van der Waals surface area contributed by atoms with Crippen molar-refractivity contribution in [3.63, 3.8) is 0 Å². The highest BCUT2D eigenvalue weighted by Gasteiger charge is 2.67. The van der Waals surface area contributed by atoms with Crippen molar-refractivity contribution in [2.75, 3.05) is 12.4 Å². The van der Waals surface area contributed by atoms with Crippen molar-refractivity contribution in [3.05, 3.63) is 29.6 Å². The van der Waals surface area contributed by atoms with E-state index in [2.05, 4.69) is 11.1 Å². The first-order valence-corrected chi connectivity index (χ1v) is 7.82. The van der Waals surface area contributed by atoms with Crippen LogP contribution >= 0.6 is 11.8 Å². The number of thioether (sulfide) groups is 1. The number of rotatable bonds is 4. The SMILES string of the molecule is N#CCC[C@@]12C[C@H]1[C@@](CF)(c1cc(N)ccc1F)N=C(N)S2. The van der Waals surface area contributed by atoms with E-state index in [9.17, 15) is 8.78 Å². The maximum absolute atomic E-state index is 14.3. The van der Waals surface area contributed by atoms with Crippen molar-refractivity contribution in [2.45, 2.75) is 29.5 Å². The molecule has 0 saturated heterocycles. The first kappa shape index (κ1) is 15.1. The lowest BCUT2D eigenvalue weighted by atomic mass is 9.84. The second-order valence-corrected chi connectivity index (χ2v) is 7.26. The molecule has 1 aromatic rings. The van der Waals surface area contributed by atoms with Gasteiger partial charge in [-0.3, -0.25) is 0 Å². The number of nitrogens with zero attached hydrogens (tertiary/aromatic N) is 2. The van der Waals surface area contributed by atoms with Gasteiger partial charge in [-0.25, -0.2) is 13.8 Å². The van der Waals surface area contributed by atoms with Crippen molar-refractivity contribution in [1.82, 2.24) is 0 Å². The van der Waals surface area contributed by atoms with Crippen LogP contribution in [0, 0.1) is 23.1 Å². The number of alkyl halides is 1. The van der Waals surface area contributed by atoms with Gasteiger partial charge in [-0.05, 0) is 31.0 Å². The Hall–Kier alpha value is -1.81. The second-order valence-electron chi connectivity index (χ2n) is 5.83. The average molecular weight is 322 g/mol. The summed E-state index contributed by atoms with van der Waals surface area (Å²) < 4.78 is 28.0. The number of anilines is 1. The van der Waals surface area contributed by atoms with E-state index in [1.807, 2.05) is 0 Å². The van der Waals surface area contributed by atoms with Gasteiger partial charge in [0.2, 0.25) is 0 Å². The van der Waals surface area contributed by atoms with Crippen LogP contribution in [0.3, 0.4) is 0 Å². The number of amidine groups is 1. The molecule has 0 radical (unpaired) electrons. The zero-order valence-corrected chi connectivity index (χ0v) is 12.7. The number of halogens is 2. The van der Waals surface area contributed by atoms with Crippen molar-refractivity contribution in [3.8, 4) is 6.07 Å². The maximum atomic E-state index is 14.3. The molecule has 22 heavy (non-hydrogen) atoms. The number of fused-ring (bicyclic) bond motifs is 1. The third-order valence-electron chi connectivity index (χ3n) is 4.54. The summed E-state index contributed by atoms with van der Waals surface area (Å²) in [5.41, 5.74) is 10.8. The Labute approximate surface area is 131 Å². The second kappa shape index (κ2) is 5.13. The predicted octanol–water partition coefficient (Wildman–Crippen LogP) is 2.70. The number of aliphatic imine (C=N–C) groups is 1. The van der Waals surface area contributed by atoms with Gasteiger partial charge in [0.1, 0.15) is 18.0 Å².